The molecule has 90 valence electrons. The highest BCUT2D eigenvalue weighted by Crippen LogP contribution is 2.19. The van der Waals surface area contributed by atoms with E-state index < -0.39 is 0 Å². The van der Waals surface area contributed by atoms with Gasteiger partial charge in [-0.15, -0.1) is 0 Å². The standard InChI is InChI=1S/C13H18N4/c1-16-10-14-7-13(16)9-17-5-4-11(8-17)6-15-12-2-3-12/h4-5,7-8,10,12,15H,2-3,6,9H2,1H3. The zero-order chi connectivity index (χ0) is 11.7. The van der Waals surface area contributed by atoms with Crippen molar-refractivity contribution >= 4 is 0 Å². The van der Waals surface area contributed by atoms with Gasteiger partial charge in [-0.2, -0.15) is 0 Å². The molecule has 17 heavy (non-hydrogen) atoms. The molecule has 1 fully saturated rings. The zero-order valence-electron chi connectivity index (χ0n) is 10.1. The van der Waals surface area contributed by atoms with Crippen molar-refractivity contribution in [1.29, 1.82) is 0 Å². The first-order valence-corrected chi connectivity index (χ1v) is 6.14. The number of nitrogens with one attached hydrogen (secondary N) is 1. The number of aryl methyl sites for hydroxylation is 1. The molecule has 0 atom stereocenters. The summed E-state index contributed by atoms with van der Waals surface area (Å²) in [7, 11) is 2.03. The van der Waals surface area contributed by atoms with Gasteiger partial charge in [-0.25, -0.2) is 4.98 Å². The molecule has 3 rings (SSSR count). The lowest BCUT2D eigenvalue weighted by Gasteiger charge is -2.03. The van der Waals surface area contributed by atoms with Gasteiger partial charge in [-0.1, -0.05) is 0 Å². The SMILES string of the molecule is Cn1cncc1Cn1ccc(CNC2CC2)c1. The van der Waals surface area contributed by atoms with E-state index >= 15 is 0 Å². The van der Waals surface area contributed by atoms with Crippen LogP contribution in [0.3, 0.4) is 0 Å². The van der Waals surface area contributed by atoms with E-state index in [9.17, 15) is 0 Å². The van der Waals surface area contributed by atoms with E-state index in [4.69, 9.17) is 0 Å². The molecule has 0 spiro atoms. The van der Waals surface area contributed by atoms with E-state index in [1.54, 1.807) is 0 Å². The van der Waals surface area contributed by atoms with Crippen LogP contribution >= 0.6 is 0 Å². The van der Waals surface area contributed by atoms with Gasteiger partial charge in [0.15, 0.2) is 0 Å². The molecule has 4 heteroatoms. The van der Waals surface area contributed by atoms with E-state index in [-0.39, 0.29) is 0 Å². The quantitative estimate of drug-likeness (QED) is 0.845. The van der Waals surface area contributed by atoms with Crippen molar-refractivity contribution in [3.63, 3.8) is 0 Å². The van der Waals surface area contributed by atoms with Crippen molar-refractivity contribution in [3.05, 3.63) is 42.2 Å². The van der Waals surface area contributed by atoms with Crippen LogP contribution in [0.4, 0.5) is 0 Å². The Morgan fingerprint density at radius 1 is 1.47 bits per heavy atom. The third-order valence-electron chi connectivity index (χ3n) is 3.24. The smallest absolute Gasteiger partial charge is 0.0946 e. The van der Waals surface area contributed by atoms with Gasteiger partial charge >= 0.3 is 0 Å². The summed E-state index contributed by atoms with van der Waals surface area (Å²) in [6, 6.07) is 2.96. The lowest BCUT2D eigenvalue weighted by Crippen LogP contribution is -2.14. The number of aromatic nitrogens is 3. The van der Waals surface area contributed by atoms with Crippen LogP contribution in [0, 0.1) is 0 Å². The first kappa shape index (κ1) is 10.6. The molecule has 1 aliphatic rings. The van der Waals surface area contributed by atoms with Crippen molar-refractivity contribution in [3.8, 4) is 0 Å². The van der Waals surface area contributed by atoms with E-state index in [2.05, 4.69) is 37.9 Å². The minimum atomic E-state index is 0.774. The highest BCUT2D eigenvalue weighted by molar-refractivity contribution is 5.12. The number of imidazole rings is 1. The summed E-state index contributed by atoms with van der Waals surface area (Å²) in [4.78, 5) is 4.13. The molecule has 1 aliphatic carbocycles. The third kappa shape index (κ3) is 2.58. The number of rotatable bonds is 5. The van der Waals surface area contributed by atoms with Gasteiger partial charge in [0.25, 0.3) is 0 Å². The van der Waals surface area contributed by atoms with Crippen LogP contribution in [0.1, 0.15) is 24.1 Å². The Morgan fingerprint density at radius 3 is 3.06 bits per heavy atom. The van der Waals surface area contributed by atoms with Gasteiger partial charge in [0.1, 0.15) is 0 Å². The number of hydrogen-bond acceptors (Lipinski definition) is 2. The van der Waals surface area contributed by atoms with Crippen molar-refractivity contribution in [2.45, 2.75) is 32.0 Å². The van der Waals surface area contributed by atoms with E-state index in [0.717, 1.165) is 19.1 Å². The molecule has 0 saturated heterocycles. The largest absolute Gasteiger partial charge is 0.348 e. The summed E-state index contributed by atoms with van der Waals surface area (Å²) >= 11 is 0. The first-order chi connectivity index (χ1) is 8.31. The Hall–Kier alpha value is -1.55. The monoisotopic (exact) mass is 230 g/mol. The number of hydrogen-bond donors (Lipinski definition) is 1. The van der Waals surface area contributed by atoms with Crippen LogP contribution in [0.2, 0.25) is 0 Å². The number of nitrogens with zero attached hydrogens (tertiary/aromatic N) is 3. The highest BCUT2D eigenvalue weighted by Gasteiger charge is 2.19. The average Bonchev–Trinajstić information content (AvgIpc) is 2.92. The predicted octanol–water partition coefficient (Wildman–Crippen LogP) is 1.52. The van der Waals surface area contributed by atoms with E-state index in [1.165, 1.54) is 24.1 Å². The molecule has 2 heterocycles. The third-order valence-corrected chi connectivity index (χ3v) is 3.24. The lowest BCUT2D eigenvalue weighted by molar-refractivity contribution is 0.681. The Bertz CT molecular complexity index is 493. The van der Waals surface area contributed by atoms with Gasteiger partial charge < -0.3 is 14.5 Å². The van der Waals surface area contributed by atoms with Crippen molar-refractivity contribution in [1.82, 2.24) is 19.4 Å². The van der Waals surface area contributed by atoms with Crippen molar-refractivity contribution in [2.24, 2.45) is 7.05 Å². The fourth-order valence-corrected chi connectivity index (χ4v) is 1.97. The Morgan fingerprint density at radius 2 is 2.35 bits per heavy atom. The Labute approximate surface area is 101 Å². The maximum absolute atomic E-state index is 4.13. The molecule has 0 aliphatic heterocycles. The maximum Gasteiger partial charge on any atom is 0.0946 e. The van der Waals surface area contributed by atoms with Crippen LogP contribution in [0.15, 0.2) is 31.0 Å². The minimum absolute atomic E-state index is 0.774. The van der Waals surface area contributed by atoms with Gasteiger partial charge in [0.05, 0.1) is 18.6 Å². The molecule has 2 aromatic heterocycles. The molecular formula is C13H18N4. The van der Waals surface area contributed by atoms with Gasteiger partial charge in [0, 0.05) is 38.2 Å². The van der Waals surface area contributed by atoms with E-state index in [1.807, 2.05) is 19.6 Å². The molecule has 0 amide bonds. The normalized spacial score (nSPS) is 15.4. The Balaban J connectivity index is 1.61. The molecule has 0 aromatic carbocycles. The van der Waals surface area contributed by atoms with Crippen LogP contribution in [-0.2, 0) is 20.1 Å². The molecule has 1 saturated carbocycles. The average molecular weight is 230 g/mol. The fraction of sp³-hybridized carbons (Fsp3) is 0.462. The second-order valence-corrected chi connectivity index (χ2v) is 4.84. The maximum atomic E-state index is 4.13. The van der Waals surface area contributed by atoms with Crippen LogP contribution in [0.25, 0.3) is 0 Å². The van der Waals surface area contributed by atoms with Gasteiger partial charge in [0.2, 0.25) is 0 Å². The van der Waals surface area contributed by atoms with Crippen molar-refractivity contribution in [2.75, 3.05) is 0 Å². The summed E-state index contributed by atoms with van der Waals surface area (Å²) in [6.07, 6.45) is 10.8. The fourth-order valence-electron chi connectivity index (χ4n) is 1.97. The molecule has 0 bridgehead atoms. The summed E-state index contributed by atoms with van der Waals surface area (Å²) in [5, 5.41) is 3.53. The van der Waals surface area contributed by atoms with Crippen LogP contribution < -0.4 is 5.32 Å². The minimum Gasteiger partial charge on any atom is -0.348 e. The molecular weight excluding hydrogens is 212 g/mol. The van der Waals surface area contributed by atoms with Crippen molar-refractivity contribution < 1.29 is 0 Å². The van der Waals surface area contributed by atoms with Gasteiger partial charge in [-0.05, 0) is 24.5 Å². The summed E-state index contributed by atoms with van der Waals surface area (Å²) in [5.74, 6) is 0. The second kappa shape index (κ2) is 4.37. The molecule has 1 N–H and O–H groups in total. The molecule has 2 aromatic rings. The van der Waals surface area contributed by atoms with Crippen LogP contribution in [0.5, 0.6) is 0 Å². The van der Waals surface area contributed by atoms with Gasteiger partial charge in [-0.3, -0.25) is 0 Å². The predicted molar refractivity (Wildman–Crippen MR) is 66.6 cm³/mol. The topological polar surface area (TPSA) is 34.8 Å². The molecule has 4 nitrogen and oxygen atoms in total. The summed E-state index contributed by atoms with van der Waals surface area (Å²) < 4.78 is 4.27. The van der Waals surface area contributed by atoms with E-state index in [0.29, 0.717) is 0 Å². The van der Waals surface area contributed by atoms with Crippen LogP contribution in [-0.4, -0.2) is 20.2 Å². The zero-order valence-corrected chi connectivity index (χ0v) is 10.1. The molecule has 0 radical (unpaired) electrons. The first-order valence-electron chi connectivity index (χ1n) is 6.14. The summed E-state index contributed by atoms with van der Waals surface area (Å²) in [6.45, 7) is 1.88. The Kier molecular flexibility index (Phi) is 2.73. The highest BCUT2D eigenvalue weighted by atomic mass is 15.1. The lowest BCUT2D eigenvalue weighted by atomic mass is 10.3. The second-order valence-electron chi connectivity index (χ2n) is 4.84. The molecule has 0 unspecified atom stereocenters. The summed E-state index contributed by atoms with van der Waals surface area (Å²) in [5.41, 5.74) is 2.58.